The van der Waals surface area contributed by atoms with Crippen LogP contribution in [-0.4, -0.2) is 42.6 Å². The van der Waals surface area contributed by atoms with Gasteiger partial charge in [0.05, 0.1) is 12.3 Å². The average molecular weight is 497 g/mol. The molecule has 4 rings (SSSR count). The Morgan fingerprint density at radius 3 is 2.66 bits per heavy atom. The maximum atomic E-state index is 12.7. The molecule has 0 radical (unpaired) electrons. The minimum Gasteiger partial charge on any atom is -0.491 e. The van der Waals surface area contributed by atoms with Gasteiger partial charge in [0.1, 0.15) is 18.5 Å². The first-order valence-electron chi connectivity index (χ1n) is 10.9. The Kier molecular flexibility index (Phi) is 7.04. The van der Waals surface area contributed by atoms with E-state index in [9.17, 15) is 14.7 Å². The van der Waals surface area contributed by atoms with Crippen LogP contribution < -0.4 is 21.4 Å². The lowest BCUT2D eigenvalue weighted by Crippen LogP contribution is -2.30. The number of hydrazone groups is 1. The van der Waals surface area contributed by atoms with Gasteiger partial charge in [0, 0.05) is 12.1 Å². The molecule has 0 spiro atoms. The maximum absolute atomic E-state index is 12.7. The van der Waals surface area contributed by atoms with Gasteiger partial charge in [0.2, 0.25) is 5.95 Å². The normalized spacial score (nSPS) is 12.7. The highest BCUT2D eigenvalue weighted by Gasteiger charge is 2.20. The largest absolute Gasteiger partial charge is 0.491 e. The monoisotopic (exact) mass is 496 g/mol. The molecule has 0 saturated carbocycles. The number of fused-ring (bicyclic) bond motifs is 1. The summed E-state index contributed by atoms with van der Waals surface area (Å²) in [5, 5.41) is 15.7. The maximum Gasteiger partial charge on any atom is 0.329 e. The number of H-pyrrole nitrogens is 1. The van der Waals surface area contributed by atoms with Crippen molar-refractivity contribution in [2.45, 2.75) is 26.5 Å². The molecule has 0 bridgehead atoms. The van der Waals surface area contributed by atoms with Crippen molar-refractivity contribution in [3.8, 4) is 5.75 Å². The highest BCUT2D eigenvalue weighted by Crippen LogP contribution is 2.19. The van der Waals surface area contributed by atoms with Gasteiger partial charge in [-0.25, -0.2) is 10.2 Å². The van der Waals surface area contributed by atoms with Gasteiger partial charge in [-0.05, 0) is 43.2 Å². The van der Waals surface area contributed by atoms with Crippen LogP contribution in [0.4, 0.5) is 5.95 Å². The number of nitrogens with one attached hydrogen (secondary N) is 2. The van der Waals surface area contributed by atoms with E-state index in [4.69, 9.17) is 16.3 Å². The molecule has 2 aromatic carbocycles. The number of aliphatic hydroxyl groups excluding tert-OH is 1. The molecule has 11 heteroatoms. The van der Waals surface area contributed by atoms with Crippen molar-refractivity contribution in [2.75, 3.05) is 12.0 Å². The van der Waals surface area contributed by atoms with E-state index in [-0.39, 0.29) is 30.3 Å². The van der Waals surface area contributed by atoms with Crippen molar-refractivity contribution in [2.24, 2.45) is 12.1 Å². The third-order valence-electron chi connectivity index (χ3n) is 5.51. The number of aryl methyl sites for hydroxylation is 2. The van der Waals surface area contributed by atoms with E-state index in [2.05, 4.69) is 20.5 Å². The Balaban J connectivity index is 1.65. The minimum absolute atomic E-state index is 0.0132. The first-order chi connectivity index (χ1) is 16.7. The number of aromatic nitrogens is 4. The molecule has 10 nitrogen and oxygen atoms in total. The second kappa shape index (κ2) is 10.2. The fourth-order valence-electron chi connectivity index (χ4n) is 3.55. The number of imidazole rings is 1. The first kappa shape index (κ1) is 24.2. The fourth-order valence-corrected chi connectivity index (χ4v) is 3.68. The van der Waals surface area contributed by atoms with Crippen LogP contribution in [0.1, 0.15) is 18.1 Å². The average Bonchev–Trinajstić information content (AvgIpc) is 3.19. The van der Waals surface area contributed by atoms with Gasteiger partial charge < -0.3 is 14.4 Å². The molecule has 35 heavy (non-hydrogen) atoms. The molecular formula is C24H25ClN6O4. The molecule has 0 aliphatic carbocycles. The van der Waals surface area contributed by atoms with Gasteiger partial charge in [-0.15, -0.1) is 0 Å². The molecule has 4 aromatic rings. The number of rotatable bonds is 8. The molecule has 0 aliphatic heterocycles. The van der Waals surface area contributed by atoms with Gasteiger partial charge in [-0.1, -0.05) is 41.9 Å². The van der Waals surface area contributed by atoms with Gasteiger partial charge in [0.25, 0.3) is 5.56 Å². The molecule has 2 heterocycles. The lowest BCUT2D eigenvalue weighted by atomic mass is 10.1. The summed E-state index contributed by atoms with van der Waals surface area (Å²) in [6, 6.07) is 14.6. The summed E-state index contributed by atoms with van der Waals surface area (Å²) < 4.78 is 8.47. The van der Waals surface area contributed by atoms with Crippen molar-refractivity contribution in [1.29, 1.82) is 0 Å². The summed E-state index contributed by atoms with van der Waals surface area (Å²) in [6.45, 7) is 3.67. The second-order valence-corrected chi connectivity index (χ2v) is 8.52. The van der Waals surface area contributed by atoms with Crippen LogP contribution in [0.5, 0.6) is 5.75 Å². The number of halogens is 1. The highest BCUT2D eigenvalue weighted by atomic mass is 35.5. The number of para-hydroxylation sites is 1. The summed E-state index contributed by atoms with van der Waals surface area (Å²) in [6.07, 6.45) is -0.981. The number of aliphatic hydroxyl groups is 1. The van der Waals surface area contributed by atoms with Crippen LogP contribution in [-0.2, 0) is 13.6 Å². The quantitative estimate of drug-likeness (QED) is 0.254. The van der Waals surface area contributed by atoms with Crippen molar-refractivity contribution in [3.63, 3.8) is 0 Å². The molecule has 0 unspecified atom stereocenters. The number of hydrogen-bond donors (Lipinski definition) is 3. The SMILES string of the molecule is C/C(=N/Nc1nc2c(c(=O)[nH]c(=O)n2C)n1C[C@H](O)COc1ccccc1C)c1ccc(Cl)cc1. The van der Waals surface area contributed by atoms with Crippen molar-refractivity contribution >= 4 is 34.4 Å². The minimum atomic E-state index is -0.981. The molecule has 0 aliphatic rings. The molecule has 0 saturated heterocycles. The Morgan fingerprint density at radius 1 is 1.23 bits per heavy atom. The third kappa shape index (κ3) is 5.28. The predicted octanol–water partition coefficient (Wildman–Crippen LogP) is 2.66. The van der Waals surface area contributed by atoms with Gasteiger partial charge in [-0.3, -0.25) is 14.3 Å². The number of hydrogen-bond acceptors (Lipinski definition) is 7. The van der Waals surface area contributed by atoms with Crippen LogP contribution >= 0.6 is 11.6 Å². The lowest BCUT2D eigenvalue weighted by Gasteiger charge is -2.16. The molecule has 1 atom stereocenters. The summed E-state index contributed by atoms with van der Waals surface area (Å²) in [5.74, 6) is 0.846. The molecule has 2 aromatic heterocycles. The topological polar surface area (TPSA) is 127 Å². The summed E-state index contributed by atoms with van der Waals surface area (Å²) in [7, 11) is 1.50. The van der Waals surface area contributed by atoms with Crippen LogP contribution in [0, 0.1) is 6.92 Å². The number of benzene rings is 2. The van der Waals surface area contributed by atoms with Gasteiger partial charge >= 0.3 is 5.69 Å². The fraction of sp³-hybridized carbons (Fsp3) is 0.250. The zero-order valence-electron chi connectivity index (χ0n) is 19.4. The third-order valence-corrected chi connectivity index (χ3v) is 5.76. The summed E-state index contributed by atoms with van der Waals surface area (Å²) >= 11 is 5.96. The van der Waals surface area contributed by atoms with E-state index in [0.29, 0.717) is 16.5 Å². The van der Waals surface area contributed by atoms with Gasteiger partial charge in [0.15, 0.2) is 11.2 Å². The zero-order valence-corrected chi connectivity index (χ0v) is 20.2. The van der Waals surface area contributed by atoms with E-state index < -0.39 is 17.4 Å². The standard InChI is InChI=1S/C24H25ClN6O4/c1-14-6-4-5-7-19(14)35-13-18(32)12-31-20-21(30(3)24(34)27-22(20)33)26-23(31)29-28-15(2)16-8-10-17(25)11-9-16/h4-11,18,32H,12-13H2,1-3H3,(H,26,29)(H,27,33,34)/b28-15-/t18-/m0/s1. The van der Waals surface area contributed by atoms with E-state index in [1.807, 2.05) is 43.3 Å². The Bertz CT molecular complexity index is 1500. The molecular weight excluding hydrogens is 472 g/mol. The van der Waals surface area contributed by atoms with Gasteiger partial charge in [-0.2, -0.15) is 10.1 Å². The smallest absolute Gasteiger partial charge is 0.329 e. The summed E-state index contributed by atoms with van der Waals surface area (Å²) in [5.41, 5.74) is 4.36. The van der Waals surface area contributed by atoms with Crippen LogP contribution in [0.15, 0.2) is 63.2 Å². The van der Waals surface area contributed by atoms with Crippen LogP contribution in [0.3, 0.4) is 0 Å². The zero-order chi connectivity index (χ0) is 25.1. The molecule has 3 N–H and O–H groups in total. The number of anilines is 1. The number of nitrogens with zero attached hydrogens (tertiary/aromatic N) is 4. The summed E-state index contributed by atoms with van der Waals surface area (Å²) in [4.78, 5) is 31.4. The highest BCUT2D eigenvalue weighted by molar-refractivity contribution is 6.30. The van der Waals surface area contributed by atoms with E-state index >= 15 is 0 Å². The Labute approximate surface area is 205 Å². The molecule has 0 amide bonds. The predicted molar refractivity (Wildman–Crippen MR) is 136 cm³/mol. The van der Waals surface area contributed by atoms with E-state index in [0.717, 1.165) is 11.1 Å². The van der Waals surface area contributed by atoms with Crippen LogP contribution in [0.2, 0.25) is 5.02 Å². The van der Waals surface area contributed by atoms with Crippen LogP contribution in [0.25, 0.3) is 11.2 Å². The number of aromatic amines is 1. The Hall–Kier alpha value is -3.89. The second-order valence-electron chi connectivity index (χ2n) is 8.08. The van der Waals surface area contributed by atoms with E-state index in [1.165, 1.54) is 16.2 Å². The van der Waals surface area contributed by atoms with Crippen molar-refractivity contribution in [3.05, 3.63) is 85.5 Å². The Morgan fingerprint density at radius 2 is 1.94 bits per heavy atom. The van der Waals surface area contributed by atoms with Crippen molar-refractivity contribution in [1.82, 2.24) is 19.1 Å². The molecule has 182 valence electrons. The van der Waals surface area contributed by atoms with Crippen molar-refractivity contribution < 1.29 is 9.84 Å². The molecule has 0 fully saturated rings. The lowest BCUT2D eigenvalue weighted by molar-refractivity contribution is 0.0935. The number of ether oxygens (including phenoxy) is 1. The first-order valence-corrected chi connectivity index (χ1v) is 11.2. The van der Waals surface area contributed by atoms with E-state index in [1.54, 1.807) is 19.1 Å².